The summed E-state index contributed by atoms with van der Waals surface area (Å²) in [6.07, 6.45) is 4.67. The van der Waals surface area contributed by atoms with Crippen molar-refractivity contribution in [1.82, 2.24) is 15.5 Å². The van der Waals surface area contributed by atoms with E-state index in [4.69, 9.17) is 10.5 Å². The number of aliphatic hydroxyl groups excluding tert-OH is 1. The van der Waals surface area contributed by atoms with Crippen LogP contribution in [-0.2, 0) is 23.9 Å². The number of carbonyl (C=O) groups is 5. The summed E-state index contributed by atoms with van der Waals surface area (Å²) in [5.74, 6) is -3.35. The SMILES string of the molecule is NC(=O)C(=O)C1(NC(=O)[C@@H]2C[C@@H](O)CN2C(=O)C(CC2CCCCC2)NC(=O)c2ccc3ccccc3c2)CCOCC1. The molecule has 2 aromatic rings. The van der Waals surface area contributed by atoms with Crippen molar-refractivity contribution in [3.05, 3.63) is 48.0 Å². The van der Waals surface area contributed by atoms with E-state index >= 15 is 0 Å². The fourth-order valence-electron chi connectivity index (χ4n) is 6.74. The molecule has 0 spiro atoms. The number of benzene rings is 2. The Bertz CT molecular complexity index is 1380. The molecule has 0 aromatic heterocycles. The van der Waals surface area contributed by atoms with Crippen molar-refractivity contribution in [2.75, 3.05) is 19.8 Å². The van der Waals surface area contributed by atoms with Gasteiger partial charge in [0.25, 0.3) is 11.8 Å². The first-order valence-corrected chi connectivity index (χ1v) is 15.2. The van der Waals surface area contributed by atoms with Crippen LogP contribution in [0, 0.1) is 5.92 Å². The Labute approximate surface area is 250 Å². The molecule has 5 rings (SSSR count). The average Bonchev–Trinajstić information content (AvgIpc) is 3.42. The third-order valence-electron chi connectivity index (χ3n) is 9.14. The lowest BCUT2D eigenvalue weighted by molar-refractivity contribution is -0.147. The number of fused-ring (bicyclic) bond motifs is 1. The van der Waals surface area contributed by atoms with E-state index in [1.54, 1.807) is 12.1 Å². The minimum atomic E-state index is -1.53. The van der Waals surface area contributed by atoms with Gasteiger partial charge >= 0.3 is 0 Å². The van der Waals surface area contributed by atoms with Gasteiger partial charge in [-0.15, -0.1) is 0 Å². The summed E-state index contributed by atoms with van der Waals surface area (Å²) < 4.78 is 5.34. The lowest BCUT2D eigenvalue weighted by atomic mass is 9.84. The molecule has 4 amide bonds. The van der Waals surface area contributed by atoms with E-state index in [0.29, 0.717) is 12.0 Å². The fraction of sp³-hybridized carbons (Fsp3) is 0.531. The molecule has 3 aliphatic rings. The maximum absolute atomic E-state index is 14.1. The normalized spacial score (nSPS) is 23.0. The lowest BCUT2D eigenvalue weighted by Crippen LogP contribution is -2.64. The number of ketones is 1. The highest BCUT2D eigenvalue weighted by atomic mass is 16.5. The summed E-state index contributed by atoms with van der Waals surface area (Å²) in [7, 11) is 0. The number of nitrogens with zero attached hydrogens (tertiary/aromatic N) is 1. The number of primary amides is 1. The van der Waals surface area contributed by atoms with E-state index in [-0.39, 0.29) is 44.9 Å². The molecule has 43 heavy (non-hydrogen) atoms. The fourth-order valence-corrected chi connectivity index (χ4v) is 6.74. The minimum Gasteiger partial charge on any atom is -0.391 e. The van der Waals surface area contributed by atoms with Crippen LogP contribution in [0.2, 0.25) is 0 Å². The minimum absolute atomic E-state index is 0.0380. The number of nitrogens with one attached hydrogen (secondary N) is 2. The number of amides is 4. The zero-order valence-corrected chi connectivity index (χ0v) is 24.3. The number of likely N-dealkylation sites (tertiary alicyclic amines) is 1. The summed E-state index contributed by atoms with van der Waals surface area (Å²) in [4.78, 5) is 67.2. The zero-order valence-electron chi connectivity index (χ0n) is 24.3. The second-order valence-corrected chi connectivity index (χ2v) is 12.1. The van der Waals surface area contributed by atoms with Gasteiger partial charge in [-0.2, -0.15) is 0 Å². The zero-order chi connectivity index (χ0) is 30.6. The molecule has 1 unspecified atom stereocenters. The van der Waals surface area contributed by atoms with Crippen LogP contribution in [0.15, 0.2) is 42.5 Å². The van der Waals surface area contributed by atoms with Gasteiger partial charge in [0.05, 0.1) is 6.10 Å². The van der Waals surface area contributed by atoms with Crippen molar-refractivity contribution in [2.45, 2.75) is 81.5 Å². The Morgan fingerprint density at radius 3 is 2.40 bits per heavy atom. The van der Waals surface area contributed by atoms with E-state index in [0.717, 1.165) is 42.9 Å². The molecule has 0 radical (unpaired) electrons. The van der Waals surface area contributed by atoms with Gasteiger partial charge in [-0.1, -0.05) is 62.4 Å². The number of hydrogen-bond acceptors (Lipinski definition) is 7. The highest BCUT2D eigenvalue weighted by Crippen LogP contribution is 2.30. The van der Waals surface area contributed by atoms with Crippen molar-refractivity contribution >= 4 is 40.2 Å². The van der Waals surface area contributed by atoms with Crippen LogP contribution in [0.3, 0.4) is 0 Å². The number of carbonyl (C=O) groups excluding carboxylic acids is 5. The Kier molecular flexibility index (Phi) is 9.41. The summed E-state index contributed by atoms with van der Waals surface area (Å²) in [5.41, 5.74) is 4.19. The van der Waals surface area contributed by atoms with Crippen molar-refractivity contribution < 1.29 is 33.8 Å². The first kappa shape index (κ1) is 30.6. The Hall–Kier alpha value is -3.83. The lowest BCUT2D eigenvalue weighted by Gasteiger charge is -2.37. The number of Topliss-reactive ketones (excluding diaryl/α,β-unsaturated/α-hetero) is 1. The number of rotatable bonds is 9. The molecule has 230 valence electrons. The van der Waals surface area contributed by atoms with Crippen LogP contribution in [-0.4, -0.2) is 82.9 Å². The first-order valence-electron chi connectivity index (χ1n) is 15.2. The average molecular weight is 593 g/mol. The van der Waals surface area contributed by atoms with Crippen molar-refractivity contribution in [3.8, 4) is 0 Å². The molecular weight excluding hydrogens is 552 g/mol. The summed E-state index contributed by atoms with van der Waals surface area (Å²) >= 11 is 0. The number of nitrogens with two attached hydrogens (primary N) is 1. The molecule has 0 bridgehead atoms. The Morgan fingerprint density at radius 2 is 1.70 bits per heavy atom. The van der Waals surface area contributed by atoms with Gasteiger partial charge in [-0.25, -0.2) is 0 Å². The number of aliphatic hydroxyl groups is 1. The third-order valence-corrected chi connectivity index (χ3v) is 9.14. The van der Waals surface area contributed by atoms with Gasteiger partial charge in [0.1, 0.15) is 17.6 Å². The van der Waals surface area contributed by atoms with E-state index in [1.165, 1.54) is 4.90 Å². The standard InChI is InChI=1S/C32H40N4O7/c33-28(39)27(38)32(12-14-43-15-13-32)35-30(41)26-18-24(37)19-36(26)31(42)25(16-20-6-2-1-3-7-20)34-29(40)23-11-10-21-8-4-5-9-22(21)17-23/h4-5,8-11,17,20,24-26,37H,1-3,6-7,12-16,18-19H2,(H2,33,39)(H,34,40)(H,35,41)/t24-,25?,26+/m1/s1. The smallest absolute Gasteiger partial charge is 0.287 e. The highest BCUT2D eigenvalue weighted by molar-refractivity contribution is 6.39. The second kappa shape index (κ2) is 13.2. The largest absolute Gasteiger partial charge is 0.391 e. The maximum Gasteiger partial charge on any atom is 0.287 e. The predicted octanol–water partition coefficient (Wildman–Crippen LogP) is 1.59. The molecule has 11 nitrogen and oxygen atoms in total. The topological polar surface area (TPSA) is 168 Å². The number of β-amino-alcohol motifs (C(OH)–C–C–N with tert-alkyl or cyclic N) is 1. The van der Waals surface area contributed by atoms with Gasteiger partial charge in [0.15, 0.2) is 0 Å². The van der Waals surface area contributed by atoms with Crippen molar-refractivity contribution in [3.63, 3.8) is 0 Å². The van der Waals surface area contributed by atoms with Gasteiger partial charge < -0.3 is 31.1 Å². The molecule has 2 heterocycles. The van der Waals surface area contributed by atoms with Crippen LogP contribution < -0.4 is 16.4 Å². The second-order valence-electron chi connectivity index (χ2n) is 12.1. The Balaban J connectivity index is 1.37. The summed E-state index contributed by atoms with van der Waals surface area (Å²) in [5, 5.41) is 18.1. The molecule has 3 atom stereocenters. The van der Waals surface area contributed by atoms with E-state index in [1.807, 2.05) is 30.3 Å². The molecular formula is C32H40N4O7. The van der Waals surface area contributed by atoms with Crippen molar-refractivity contribution in [2.24, 2.45) is 11.7 Å². The van der Waals surface area contributed by atoms with Crippen molar-refractivity contribution in [1.29, 1.82) is 0 Å². The van der Waals surface area contributed by atoms with Gasteiger partial charge in [0, 0.05) is 44.6 Å². The number of ether oxygens (including phenoxy) is 1. The molecule has 5 N–H and O–H groups in total. The third kappa shape index (κ3) is 6.88. The molecule has 1 aliphatic carbocycles. The molecule has 2 aromatic carbocycles. The predicted molar refractivity (Wildman–Crippen MR) is 158 cm³/mol. The summed E-state index contributed by atoms with van der Waals surface area (Å²) in [6.45, 7) is 0.211. The van der Waals surface area contributed by atoms with Crippen LogP contribution >= 0.6 is 0 Å². The Morgan fingerprint density at radius 1 is 1.00 bits per heavy atom. The first-order chi connectivity index (χ1) is 20.7. The van der Waals surface area contributed by atoms with Crippen LogP contribution in [0.1, 0.15) is 68.1 Å². The van der Waals surface area contributed by atoms with Crippen LogP contribution in [0.5, 0.6) is 0 Å². The van der Waals surface area contributed by atoms with Gasteiger partial charge in [0.2, 0.25) is 17.6 Å². The molecule has 3 fully saturated rings. The highest BCUT2D eigenvalue weighted by Gasteiger charge is 2.48. The monoisotopic (exact) mass is 592 g/mol. The van der Waals surface area contributed by atoms with E-state index in [9.17, 15) is 29.1 Å². The van der Waals surface area contributed by atoms with Crippen LogP contribution in [0.25, 0.3) is 10.8 Å². The molecule has 1 saturated carbocycles. The van der Waals surface area contributed by atoms with Gasteiger partial charge in [-0.3, -0.25) is 24.0 Å². The quantitative estimate of drug-likeness (QED) is 0.321. The number of hydrogen-bond donors (Lipinski definition) is 4. The van der Waals surface area contributed by atoms with Gasteiger partial charge in [-0.05, 0) is 35.2 Å². The van der Waals surface area contributed by atoms with Crippen LogP contribution in [0.4, 0.5) is 0 Å². The summed E-state index contributed by atoms with van der Waals surface area (Å²) in [6, 6.07) is 11.1. The van der Waals surface area contributed by atoms with E-state index < -0.39 is 53.1 Å². The molecule has 11 heteroatoms. The van der Waals surface area contributed by atoms with E-state index in [2.05, 4.69) is 10.6 Å². The molecule has 2 saturated heterocycles. The maximum atomic E-state index is 14.1. The molecule has 2 aliphatic heterocycles.